The maximum absolute atomic E-state index is 13.0. The second-order valence-electron chi connectivity index (χ2n) is 4.12. The van der Waals surface area contributed by atoms with Crippen LogP contribution in [0.25, 0.3) is 0 Å². The molecule has 0 spiro atoms. The lowest BCUT2D eigenvalue weighted by atomic mass is 10.3. The Morgan fingerprint density at radius 3 is 2.35 bits per heavy atom. The highest BCUT2D eigenvalue weighted by atomic mass is 32.2. The van der Waals surface area contributed by atoms with Crippen LogP contribution in [0.5, 0.6) is 0 Å². The molecule has 0 atom stereocenters. The predicted molar refractivity (Wildman–Crippen MR) is 76.8 cm³/mol. The van der Waals surface area contributed by atoms with Gasteiger partial charge in [-0.2, -0.15) is 0 Å². The Morgan fingerprint density at radius 2 is 1.70 bits per heavy atom. The fourth-order valence-corrected chi connectivity index (χ4v) is 2.50. The van der Waals surface area contributed by atoms with Crippen LogP contribution < -0.4 is 5.32 Å². The maximum Gasteiger partial charge on any atom is 0.225 e. The number of halogens is 2. The zero-order valence-electron chi connectivity index (χ0n) is 10.6. The van der Waals surface area contributed by atoms with Gasteiger partial charge in [-0.05, 0) is 24.3 Å². The number of hydrogen-bond donors (Lipinski definition) is 1. The van der Waals surface area contributed by atoms with Gasteiger partial charge in [0.15, 0.2) is 0 Å². The largest absolute Gasteiger partial charge is 0.326 e. The summed E-state index contributed by atoms with van der Waals surface area (Å²) in [4.78, 5) is 12.7. The average molecular weight is 293 g/mol. The monoisotopic (exact) mass is 293 g/mol. The summed E-state index contributed by atoms with van der Waals surface area (Å²) < 4.78 is 25.9. The van der Waals surface area contributed by atoms with E-state index in [4.69, 9.17) is 0 Å². The number of nitrogens with one attached hydrogen (secondary N) is 1. The Hall–Kier alpha value is -1.88. The molecular weight excluding hydrogens is 280 g/mol. The Kier molecular flexibility index (Phi) is 5.12. The van der Waals surface area contributed by atoms with Crippen molar-refractivity contribution in [1.29, 1.82) is 0 Å². The minimum atomic E-state index is -0.709. The third-order valence-electron chi connectivity index (χ3n) is 2.49. The van der Waals surface area contributed by atoms with E-state index in [1.165, 1.54) is 0 Å². The van der Waals surface area contributed by atoms with Crippen LogP contribution in [0.4, 0.5) is 14.5 Å². The fourth-order valence-electron chi connectivity index (χ4n) is 1.63. The summed E-state index contributed by atoms with van der Waals surface area (Å²) in [7, 11) is 0. The molecule has 1 N–H and O–H groups in total. The first kappa shape index (κ1) is 14.5. The highest BCUT2D eigenvalue weighted by Crippen LogP contribution is 2.18. The number of rotatable bonds is 5. The van der Waals surface area contributed by atoms with Crippen molar-refractivity contribution in [2.75, 3.05) is 11.1 Å². The number of thioether (sulfide) groups is 1. The number of anilines is 1. The van der Waals surface area contributed by atoms with Crippen molar-refractivity contribution in [3.8, 4) is 0 Å². The summed E-state index contributed by atoms with van der Waals surface area (Å²) in [6, 6.07) is 12.7. The second kappa shape index (κ2) is 7.05. The standard InChI is InChI=1S/C15H13F2NOS/c16-11-8-12(17)10-13(9-11)18-15(19)6-7-20-14-4-2-1-3-5-14/h1-5,8-10H,6-7H2,(H,18,19). The Labute approximate surface area is 120 Å². The minimum Gasteiger partial charge on any atom is -0.326 e. The fraction of sp³-hybridized carbons (Fsp3) is 0.133. The Balaban J connectivity index is 1.81. The second-order valence-corrected chi connectivity index (χ2v) is 5.29. The summed E-state index contributed by atoms with van der Waals surface area (Å²) in [6.45, 7) is 0. The van der Waals surface area contributed by atoms with E-state index >= 15 is 0 Å². The topological polar surface area (TPSA) is 29.1 Å². The van der Waals surface area contributed by atoms with E-state index in [0.717, 1.165) is 23.1 Å². The number of hydrogen-bond acceptors (Lipinski definition) is 2. The number of amides is 1. The molecule has 2 nitrogen and oxygen atoms in total. The molecule has 0 saturated heterocycles. The van der Waals surface area contributed by atoms with Crippen molar-refractivity contribution < 1.29 is 13.6 Å². The summed E-state index contributed by atoms with van der Waals surface area (Å²) in [6.07, 6.45) is 0.275. The molecule has 0 aromatic heterocycles. The van der Waals surface area contributed by atoms with E-state index in [1.54, 1.807) is 11.8 Å². The van der Waals surface area contributed by atoms with Crippen molar-refractivity contribution in [2.24, 2.45) is 0 Å². The van der Waals surface area contributed by atoms with Crippen LogP contribution in [0.1, 0.15) is 6.42 Å². The summed E-state index contributed by atoms with van der Waals surface area (Å²) in [5, 5.41) is 2.48. The molecule has 0 fully saturated rings. The molecule has 104 valence electrons. The van der Waals surface area contributed by atoms with Gasteiger partial charge in [0.2, 0.25) is 5.91 Å². The van der Waals surface area contributed by atoms with Crippen LogP contribution in [-0.4, -0.2) is 11.7 Å². The van der Waals surface area contributed by atoms with E-state index in [1.807, 2.05) is 30.3 Å². The van der Waals surface area contributed by atoms with Gasteiger partial charge in [-0.1, -0.05) is 18.2 Å². The summed E-state index contributed by atoms with van der Waals surface area (Å²) in [5.41, 5.74) is 0.136. The quantitative estimate of drug-likeness (QED) is 0.841. The van der Waals surface area contributed by atoms with E-state index in [-0.39, 0.29) is 18.0 Å². The molecule has 0 unspecified atom stereocenters. The van der Waals surface area contributed by atoms with E-state index in [2.05, 4.69) is 5.32 Å². The number of carbonyl (C=O) groups excluding carboxylic acids is 1. The van der Waals surface area contributed by atoms with Crippen LogP contribution in [-0.2, 0) is 4.79 Å². The zero-order chi connectivity index (χ0) is 14.4. The zero-order valence-corrected chi connectivity index (χ0v) is 11.4. The van der Waals surface area contributed by atoms with Crippen molar-refractivity contribution >= 4 is 23.4 Å². The van der Waals surface area contributed by atoms with Crippen LogP contribution in [0.15, 0.2) is 53.4 Å². The van der Waals surface area contributed by atoms with Crippen LogP contribution in [0.2, 0.25) is 0 Å². The van der Waals surface area contributed by atoms with Crippen molar-refractivity contribution in [2.45, 2.75) is 11.3 Å². The van der Waals surface area contributed by atoms with E-state index in [9.17, 15) is 13.6 Å². The van der Waals surface area contributed by atoms with Gasteiger partial charge in [0.1, 0.15) is 11.6 Å². The normalized spacial score (nSPS) is 10.3. The van der Waals surface area contributed by atoms with E-state index < -0.39 is 11.6 Å². The van der Waals surface area contributed by atoms with Gasteiger partial charge < -0.3 is 5.32 Å². The summed E-state index contributed by atoms with van der Waals surface area (Å²) >= 11 is 1.56. The lowest BCUT2D eigenvalue weighted by molar-refractivity contribution is -0.115. The van der Waals surface area contributed by atoms with Crippen molar-refractivity contribution in [1.82, 2.24) is 0 Å². The van der Waals surface area contributed by atoms with Gasteiger partial charge >= 0.3 is 0 Å². The molecule has 0 saturated carbocycles. The van der Waals surface area contributed by atoms with Gasteiger partial charge in [-0.25, -0.2) is 8.78 Å². The maximum atomic E-state index is 13.0. The molecule has 20 heavy (non-hydrogen) atoms. The first-order chi connectivity index (χ1) is 9.63. The van der Waals surface area contributed by atoms with E-state index in [0.29, 0.717) is 5.75 Å². The van der Waals surface area contributed by atoms with Gasteiger partial charge in [0.05, 0.1) is 0 Å². The highest BCUT2D eigenvalue weighted by Gasteiger charge is 2.05. The first-order valence-corrected chi connectivity index (χ1v) is 7.06. The molecule has 2 aromatic rings. The van der Waals surface area contributed by atoms with Gasteiger partial charge in [-0.15, -0.1) is 11.8 Å². The lowest BCUT2D eigenvalue weighted by Gasteiger charge is -2.05. The smallest absolute Gasteiger partial charge is 0.225 e. The lowest BCUT2D eigenvalue weighted by Crippen LogP contribution is -2.12. The third-order valence-corrected chi connectivity index (χ3v) is 3.50. The molecule has 2 rings (SSSR count). The molecule has 0 aliphatic heterocycles. The third kappa shape index (κ3) is 4.66. The minimum absolute atomic E-state index is 0.136. The molecule has 0 aliphatic carbocycles. The molecule has 0 radical (unpaired) electrons. The van der Waals surface area contributed by atoms with Gasteiger partial charge in [-0.3, -0.25) is 4.79 Å². The Bertz CT molecular complexity index is 569. The van der Waals surface area contributed by atoms with Crippen molar-refractivity contribution in [3.05, 3.63) is 60.2 Å². The molecule has 0 bridgehead atoms. The molecule has 5 heteroatoms. The molecule has 0 aliphatic rings. The van der Waals surface area contributed by atoms with Crippen LogP contribution >= 0.6 is 11.8 Å². The number of carbonyl (C=O) groups is 1. The highest BCUT2D eigenvalue weighted by molar-refractivity contribution is 7.99. The number of benzene rings is 2. The predicted octanol–water partition coefficient (Wildman–Crippen LogP) is 4.09. The van der Waals surface area contributed by atoms with Gasteiger partial charge in [0, 0.05) is 28.8 Å². The molecular formula is C15H13F2NOS. The average Bonchev–Trinajstić information content (AvgIpc) is 2.38. The van der Waals surface area contributed by atoms with Crippen molar-refractivity contribution in [3.63, 3.8) is 0 Å². The molecule has 1 amide bonds. The first-order valence-electron chi connectivity index (χ1n) is 6.07. The van der Waals surface area contributed by atoms with Crippen LogP contribution in [0.3, 0.4) is 0 Å². The molecule has 2 aromatic carbocycles. The SMILES string of the molecule is O=C(CCSc1ccccc1)Nc1cc(F)cc(F)c1. The molecule has 0 heterocycles. The van der Waals surface area contributed by atoms with Gasteiger partial charge in [0.25, 0.3) is 0 Å². The summed E-state index contributed by atoms with van der Waals surface area (Å²) in [5.74, 6) is -1.08. The Morgan fingerprint density at radius 1 is 1.05 bits per heavy atom. The van der Waals surface area contributed by atoms with Crippen LogP contribution in [0, 0.1) is 11.6 Å².